The van der Waals surface area contributed by atoms with E-state index in [0.717, 1.165) is 16.7 Å². The maximum atomic E-state index is 10.5. The number of aliphatic hydroxyl groups excluding tert-OH is 1. The molecule has 0 radical (unpaired) electrons. The Bertz CT molecular complexity index is 576. The van der Waals surface area contributed by atoms with Crippen LogP contribution in [0.15, 0.2) is 48.5 Å². The van der Waals surface area contributed by atoms with Gasteiger partial charge in [-0.25, -0.2) is 0 Å². The van der Waals surface area contributed by atoms with Crippen molar-refractivity contribution >= 4 is 17.6 Å². The Labute approximate surface area is 122 Å². The lowest BCUT2D eigenvalue weighted by molar-refractivity contribution is -0.137. The first-order valence-electron chi connectivity index (χ1n) is 6.32. The van der Waals surface area contributed by atoms with Crippen LogP contribution in [-0.4, -0.2) is 16.2 Å². The van der Waals surface area contributed by atoms with E-state index in [9.17, 15) is 9.90 Å². The van der Waals surface area contributed by atoms with Gasteiger partial charge in [-0.15, -0.1) is 0 Å². The predicted molar refractivity (Wildman–Crippen MR) is 78.7 cm³/mol. The van der Waals surface area contributed by atoms with Gasteiger partial charge in [-0.2, -0.15) is 0 Å². The average Bonchev–Trinajstić information content (AvgIpc) is 2.46. The predicted octanol–water partition coefficient (Wildman–Crippen LogP) is 3.91. The summed E-state index contributed by atoms with van der Waals surface area (Å²) in [6.07, 6.45) is -0.569. The molecule has 0 fully saturated rings. The molecule has 2 aromatic carbocycles. The Hall–Kier alpha value is -1.84. The highest BCUT2D eigenvalue weighted by Crippen LogP contribution is 2.25. The zero-order chi connectivity index (χ0) is 14.5. The molecule has 2 N–H and O–H groups in total. The lowest BCUT2D eigenvalue weighted by Crippen LogP contribution is -2.02. The van der Waals surface area contributed by atoms with E-state index in [2.05, 4.69) is 0 Å². The molecular formula is C16H15ClO3. The van der Waals surface area contributed by atoms with Gasteiger partial charge < -0.3 is 10.2 Å². The topological polar surface area (TPSA) is 57.5 Å². The number of hydrogen-bond donors (Lipinski definition) is 2. The lowest BCUT2D eigenvalue weighted by Gasteiger charge is -2.10. The van der Waals surface area contributed by atoms with Crippen LogP contribution in [0.25, 0.3) is 11.1 Å². The van der Waals surface area contributed by atoms with Crippen LogP contribution in [0.1, 0.15) is 24.5 Å². The highest BCUT2D eigenvalue weighted by atomic mass is 35.5. The summed E-state index contributed by atoms with van der Waals surface area (Å²) in [5.41, 5.74) is 2.79. The number of halogens is 1. The molecule has 0 saturated carbocycles. The van der Waals surface area contributed by atoms with Crippen molar-refractivity contribution < 1.29 is 15.0 Å². The number of carbonyl (C=O) groups is 1. The fourth-order valence-electron chi connectivity index (χ4n) is 1.97. The van der Waals surface area contributed by atoms with Gasteiger partial charge in [0.15, 0.2) is 0 Å². The van der Waals surface area contributed by atoms with Crippen LogP contribution in [0.2, 0.25) is 5.02 Å². The second-order valence-corrected chi connectivity index (χ2v) is 5.01. The first kappa shape index (κ1) is 14.6. The van der Waals surface area contributed by atoms with E-state index >= 15 is 0 Å². The molecule has 1 atom stereocenters. The van der Waals surface area contributed by atoms with Gasteiger partial charge >= 0.3 is 5.97 Å². The zero-order valence-electron chi connectivity index (χ0n) is 10.8. The monoisotopic (exact) mass is 290 g/mol. The smallest absolute Gasteiger partial charge is 0.303 e. The Morgan fingerprint density at radius 3 is 2.00 bits per heavy atom. The molecule has 0 aromatic heterocycles. The third kappa shape index (κ3) is 3.83. The quantitative estimate of drug-likeness (QED) is 0.878. The molecule has 0 aliphatic rings. The third-order valence-electron chi connectivity index (χ3n) is 3.10. The maximum absolute atomic E-state index is 10.5. The van der Waals surface area contributed by atoms with Gasteiger partial charge in [-0.3, -0.25) is 4.79 Å². The number of rotatable bonds is 5. The van der Waals surface area contributed by atoms with Gasteiger partial charge in [0, 0.05) is 11.4 Å². The number of hydrogen-bond acceptors (Lipinski definition) is 2. The molecule has 1 unspecified atom stereocenters. The van der Waals surface area contributed by atoms with Crippen LogP contribution in [-0.2, 0) is 4.79 Å². The van der Waals surface area contributed by atoms with E-state index in [1.54, 1.807) is 0 Å². The first-order valence-corrected chi connectivity index (χ1v) is 6.70. The van der Waals surface area contributed by atoms with Gasteiger partial charge in [0.2, 0.25) is 0 Å². The van der Waals surface area contributed by atoms with Crippen LogP contribution in [0.5, 0.6) is 0 Å². The van der Waals surface area contributed by atoms with Gasteiger partial charge in [-0.1, -0.05) is 48.0 Å². The van der Waals surface area contributed by atoms with Gasteiger partial charge in [0.25, 0.3) is 0 Å². The molecule has 20 heavy (non-hydrogen) atoms. The van der Waals surface area contributed by atoms with Crippen molar-refractivity contribution in [1.82, 2.24) is 0 Å². The molecule has 0 bridgehead atoms. The molecule has 4 heteroatoms. The minimum Gasteiger partial charge on any atom is -0.481 e. The molecule has 0 saturated heterocycles. The van der Waals surface area contributed by atoms with Crippen LogP contribution in [0, 0.1) is 0 Å². The fourth-order valence-corrected chi connectivity index (χ4v) is 2.09. The van der Waals surface area contributed by atoms with E-state index in [1.807, 2.05) is 48.5 Å². The molecule has 3 nitrogen and oxygen atoms in total. The number of carboxylic acids is 1. The van der Waals surface area contributed by atoms with Crippen molar-refractivity contribution in [3.05, 3.63) is 59.1 Å². The highest BCUT2D eigenvalue weighted by molar-refractivity contribution is 6.30. The number of benzene rings is 2. The second-order valence-electron chi connectivity index (χ2n) is 4.58. The highest BCUT2D eigenvalue weighted by Gasteiger charge is 2.09. The van der Waals surface area contributed by atoms with Gasteiger partial charge in [0.05, 0.1) is 6.10 Å². The fraction of sp³-hybridized carbons (Fsp3) is 0.188. The average molecular weight is 291 g/mol. The molecular weight excluding hydrogens is 276 g/mol. The summed E-state index contributed by atoms with van der Waals surface area (Å²) in [7, 11) is 0. The Morgan fingerprint density at radius 2 is 1.50 bits per heavy atom. The maximum Gasteiger partial charge on any atom is 0.303 e. The Morgan fingerprint density at radius 1 is 1.00 bits per heavy atom. The van der Waals surface area contributed by atoms with E-state index in [-0.39, 0.29) is 12.8 Å². The zero-order valence-corrected chi connectivity index (χ0v) is 11.5. The molecule has 2 rings (SSSR count). The normalized spacial score (nSPS) is 12.1. The summed E-state index contributed by atoms with van der Waals surface area (Å²) in [6.45, 7) is 0. The van der Waals surface area contributed by atoms with E-state index in [1.165, 1.54) is 0 Å². The van der Waals surface area contributed by atoms with Gasteiger partial charge in [-0.05, 0) is 35.2 Å². The van der Waals surface area contributed by atoms with E-state index in [4.69, 9.17) is 16.7 Å². The molecule has 0 spiro atoms. The van der Waals surface area contributed by atoms with Crippen LogP contribution in [0.3, 0.4) is 0 Å². The number of carboxylic acid groups (broad SMARTS) is 1. The van der Waals surface area contributed by atoms with Crippen LogP contribution in [0.4, 0.5) is 0 Å². The van der Waals surface area contributed by atoms with Crippen LogP contribution >= 0.6 is 11.6 Å². The first-order chi connectivity index (χ1) is 9.56. The summed E-state index contributed by atoms with van der Waals surface area (Å²) >= 11 is 5.85. The summed E-state index contributed by atoms with van der Waals surface area (Å²) in [5.74, 6) is -0.901. The lowest BCUT2D eigenvalue weighted by atomic mass is 10.00. The van der Waals surface area contributed by atoms with Crippen molar-refractivity contribution in [1.29, 1.82) is 0 Å². The molecule has 0 heterocycles. The summed E-state index contributed by atoms with van der Waals surface area (Å²) in [4.78, 5) is 10.5. The van der Waals surface area contributed by atoms with Gasteiger partial charge in [0.1, 0.15) is 0 Å². The summed E-state index contributed by atoms with van der Waals surface area (Å²) in [6, 6.07) is 15.0. The number of aliphatic carboxylic acids is 1. The van der Waals surface area contributed by atoms with Crippen molar-refractivity contribution in [2.75, 3.05) is 0 Å². The van der Waals surface area contributed by atoms with Crippen molar-refractivity contribution in [2.24, 2.45) is 0 Å². The SMILES string of the molecule is O=C(O)CCC(O)c1ccc(-c2ccc(Cl)cc2)cc1. The molecule has 0 amide bonds. The van der Waals surface area contributed by atoms with Crippen molar-refractivity contribution in [3.63, 3.8) is 0 Å². The third-order valence-corrected chi connectivity index (χ3v) is 3.36. The molecule has 0 aliphatic carbocycles. The molecule has 104 valence electrons. The summed E-state index contributed by atoms with van der Waals surface area (Å²) in [5, 5.41) is 19.2. The molecule has 0 aliphatic heterocycles. The Balaban J connectivity index is 2.09. The minimum atomic E-state index is -0.901. The number of aliphatic hydroxyl groups is 1. The Kier molecular flexibility index (Phi) is 4.77. The van der Waals surface area contributed by atoms with E-state index in [0.29, 0.717) is 5.02 Å². The standard InChI is InChI=1S/C16H15ClO3/c17-14-7-5-12(6-8-14)11-1-3-13(4-2-11)15(18)9-10-16(19)20/h1-8,15,18H,9-10H2,(H,19,20). The molecule has 2 aromatic rings. The van der Waals surface area contributed by atoms with Crippen molar-refractivity contribution in [2.45, 2.75) is 18.9 Å². The van der Waals surface area contributed by atoms with E-state index < -0.39 is 12.1 Å². The largest absolute Gasteiger partial charge is 0.481 e. The second kappa shape index (κ2) is 6.55. The van der Waals surface area contributed by atoms with Crippen LogP contribution < -0.4 is 0 Å². The van der Waals surface area contributed by atoms with Crippen molar-refractivity contribution in [3.8, 4) is 11.1 Å². The minimum absolute atomic E-state index is 0.0416. The summed E-state index contributed by atoms with van der Waals surface area (Å²) < 4.78 is 0.